The van der Waals surface area contributed by atoms with E-state index < -0.39 is 21.7 Å². The van der Waals surface area contributed by atoms with Crippen LogP contribution in [0.1, 0.15) is 12.8 Å². The molecule has 1 heterocycles. The maximum absolute atomic E-state index is 12.6. The van der Waals surface area contributed by atoms with Crippen molar-refractivity contribution in [2.75, 3.05) is 0 Å². The summed E-state index contributed by atoms with van der Waals surface area (Å²) in [6.07, 6.45) is -4.96. The van der Waals surface area contributed by atoms with Crippen LogP contribution in [0.15, 0.2) is 20.1 Å². The molecule has 1 fully saturated rings. The molecule has 9 heteroatoms. The van der Waals surface area contributed by atoms with Gasteiger partial charge in [0.1, 0.15) is 9.75 Å². The van der Waals surface area contributed by atoms with Crippen molar-refractivity contribution in [3.63, 3.8) is 0 Å². The second-order valence-corrected chi connectivity index (χ2v) is 8.12. The summed E-state index contributed by atoms with van der Waals surface area (Å²) in [6.45, 7) is 0. The fraction of sp³-hybridized carbons (Fsp3) is 0.500. The molecule has 0 spiro atoms. The minimum atomic E-state index is -4.55. The van der Waals surface area contributed by atoms with Crippen LogP contribution < -0.4 is 4.72 Å². The molecule has 1 aliphatic carbocycles. The van der Waals surface area contributed by atoms with Gasteiger partial charge in [-0.05, 0) is 40.9 Å². The average molecular weight is 350 g/mol. The molecule has 1 N–H and O–H groups in total. The minimum absolute atomic E-state index is 0.125. The van der Waals surface area contributed by atoms with E-state index in [0.29, 0.717) is 3.79 Å². The number of halogens is 4. The SMILES string of the molecule is O=S(=O)(NC1(C(F)(F)F)CC1)c1ccc(Br)s1. The van der Waals surface area contributed by atoms with Gasteiger partial charge in [-0.15, -0.1) is 11.3 Å². The highest BCUT2D eigenvalue weighted by molar-refractivity contribution is 9.11. The summed E-state index contributed by atoms with van der Waals surface area (Å²) in [5, 5.41) is 0. The third-order valence-corrected chi connectivity index (χ3v) is 6.09. The Morgan fingerprint density at radius 3 is 2.29 bits per heavy atom. The first kappa shape index (κ1) is 13.3. The number of thiophene rings is 1. The van der Waals surface area contributed by atoms with E-state index in [9.17, 15) is 21.6 Å². The lowest BCUT2D eigenvalue weighted by molar-refractivity contribution is -0.160. The first-order valence-corrected chi connectivity index (χ1v) is 7.62. The lowest BCUT2D eigenvalue weighted by atomic mass is 10.3. The van der Waals surface area contributed by atoms with Crippen LogP contribution in [0.3, 0.4) is 0 Å². The third kappa shape index (κ3) is 2.51. The zero-order valence-corrected chi connectivity index (χ0v) is 11.4. The van der Waals surface area contributed by atoms with E-state index in [1.54, 1.807) is 4.72 Å². The molecule has 3 nitrogen and oxygen atoms in total. The fourth-order valence-electron chi connectivity index (χ4n) is 1.32. The van der Waals surface area contributed by atoms with Gasteiger partial charge in [-0.2, -0.15) is 17.9 Å². The molecule has 1 aliphatic rings. The van der Waals surface area contributed by atoms with Crippen molar-refractivity contribution in [1.82, 2.24) is 4.72 Å². The van der Waals surface area contributed by atoms with Crippen LogP contribution in [-0.4, -0.2) is 20.1 Å². The molecule has 0 atom stereocenters. The molecular formula is C8H7BrF3NO2S2. The molecule has 1 aromatic heterocycles. The van der Waals surface area contributed by atoms with Crippen molar-refractivity contribution in [3.8, 4) is 0 Å². The highest BCUT2D eigenvalue weighted by Crippen LogP contribution is 2.49. The first-order chi connectivity index (χ1) is 7.66. The normalized spacial score (nSPS) is 19.3. The van der Waals surface area contributed by atoms with E-state index in [2.05, 4.69) is 15.9 Å². The lowest BCUT2D eigenvalue weighted by Gasteiger charge is -2.19. The van der Waals surface area contributed by atoms with Gasteiger partial charge in [0.25, 0.3) is 10.0 Å². The molecule has 1 saturated carbocycles. The van der Waals surface area contributed by atoms with Gasteiger partial charge in [-0.1, -0.05) is 0 Å². The van der Waals surface area contributed by atoms with Gasteiger partial charge in [0, 0.05) is 0 Å². The van der Waals surface area contributed by atoms with Crippen LogP contribution in [0, 0.1) is 0 Å². The fourth-order valence-corrected chi connectivity index (χ4v) is 4.77. The van der Waals surface area contributed by atoms with Crippen LogP contribution in [0.25, 0.3) is 0 Å². The summed E-state index contributed by atoms with van der Waals surface area (Å²) in [6, 6.07) is 2.75. The Morgan fingerprint density at radius 2 is 1.94 bits per heavy atom. The largest absolute Gasteiger partial charge is 0.407 e. The topological polar surface area (TPSA) is 46.2 Å². The molecule has 0 bridgehead atoms. The van der Waals surface area contributed by atoms with Crippen LogP contribution in [0.2, 0.25) is 0 Å². The van der Waals surface area contributed by atoms with E-state index in [-0.39, 0.29) is 17.1 Å². The summed E-state index contributed by atoms with van der Waals surface area (Å²) in [5.41, 5.74) is -2.26. The predicted octanol–water partition coefficient (Wildman–Crippen LogP) is 2.88. The summed E-state index contributed by atoms with van der Waals surface area (Å²) in [7, 11) is -4.10. The second kappa shape index (κ2) is 3.94. The highest BCUT2D eigenvalue weighted by Gasteiger charge is 2.65. The lowest BCUT2D eigenvalue weighted by Crippen LogP contribution is -2.47. The Labute approximate surface area is 108 Å². The second-order valence-electron chi connectivity index (χ2n) is 3.74. The van der Waals surface area contributed by atoms with Crippen LogP contribution >= 0.6 is 27.3 Å². The van der Waals surface area contributed by atoms with Crippen molar-refractivity contribution in [2.45, 2.75) is 28.8 Å². The van der Waals surface area contributed by atoms with Gasteiger partial charge in [0.2, 0.25) is 0 Å². The standard InChI is InChI=1S/C8H7BrF3NO2S2/c9-5-1-2-6(16-5)17(14,15)13-7(3-4-7)8(10,11)12/h1-2,13H,3-4H2. The molecule has 0 aliphatic heterocycles. The van der Waals surface area contributed by atoms with E-state index in [4.69, 9.17) is 0 Å². The molecule has 1 aromatic rings. The number of hydrogen-bond donors (Lipinski definition) is 1. The Morgan fingerprint density at radius 1 is 1.35 bits per heavy atom. The summed E-state index contributed by atoms with van der Waals surface area (Å²) in [5.74, 6) is 0. The number of hydrogen-bond acceptors (Lipinski definition) is 3. The molecule has 0 unspecified atom stereocenters. The zero-order chi connectivity index (χ0) is 12.9. The van der Waals surface area contributed by atoms with Crippen molar-refractivity contribution in [1.29, 1.82) is 0 Å². The highest BCUT2D eigenvalue weighted by atomic mass is 79.9. The Hall–Kier alpha value is -0.120. The molecular weight excluding hydrogens is 343 g/mol. The van der Waals surface area contributed by atoms with E-state index in [1.165, 1.54) is 12.1 Å². The van der Waals surface area contributed by atoms with Gasteiger partial charge < -0.3 is 0 Å². The number of sulfonamides is 1. The van der Waals surface area contributed by atoms with Crippen molar-refractivity contribution < 1.29 is 21.6 Å². The summed E-state index contributed by atoms with van der Waals surface area (Å²) < 4.78 is 63.5. The molecule has 2 rings (SSSR count). The monoisotopic (exact) mass is 349 g/mol. The van der Waals surface area contributed by atoms with E-state index in [1.807, 2.05) is 0 Å². The molecule has 0 amide bonds. The molecule has 0 radical (unpaired) electrons. The number of alkyl halides is 3. The Bertz CT molecular complexity index is 533. The van der Waals surface area contributed by atoms with E-state index in [0.717, 1.165) is 11.3 Å². The average Bonchev–Trinajstić information content (AvgIpc) is 2.79. The Kier molecular flexibility index (Phi) is 3.08. The smallest absolute Gasteiger partial charge is 0.206 e. The summed E-state index contributed by atoms with van der Waals surface area (Å²) >= 11 is 3.94. The Balaban J connectivity index is 2.25. The molecule has 0 saturated heterocycles. The maximum atomic E-state index is 12.6. The van der Waals surface area contributed by atoms with Crippen LogP contribution in [0.5, 0.6) is 0 Å². The van der Waals surface area contributed by atoms with Gasteiger partial charge in [0.05, 0.1) is 3.79 Å². The van der Waals surface area contributed by atoms with Gasteiger partial charge in [-0.3, -0.25) is 0 Å². The zero-order valence-electron chi connectivity index (χ0n) is 8.21. The molecule has 17 heavy (non-hydrogen) atoms. The van der Waals surface area contributed by atoms with Gasteiger partial charge in [-0.25, -0.2) is 8.42 Å². The van der Waals surface area contributed by atoms with Crippen LogP contribution in [0.4, 0.5) is 13.2 Å². The molecule has 96 valence electrons. The van der Waals surface area contributed by atoms with Crippen molar-refractivity contribution in [2.24, 2.45) is 0 Å². The number of nitrogens with one attached hydrogen (secondary N) is 1. The third-order valence-electron chi connectivity index (χ3n) is 2.44. The van der Waals surface area contributed by atoms with E-state index >= 15 is 0 Å². The number of rotatable bonds is 3. The predicted molar refractivity (Wildman–Crippen MR) is 60.4 cm³/mol. The molecule has 0 aromatic carbocycles. The maximum Gasteiger partial charge on any atom is 0.407 e. The summed E-state index contributed by atoms with van der Waals surface area (Å²) in [4.78, 5) is 0. The quantitative estimate of drug-likeness (QED) is 0.911. The van der Waals surface area contributed by atoms with Crippen molar-refractivity contribution >= 4 is 37.3 Å². The van der Waals surface area contributed by atoms with Crippen molar-refractivity contribution in [3.05, 3.63) is 15.9 Å². The van der Waals surface area contributed by atoms with Gasteiger partial charge >= 0.3 is 6.18 Å². The first-order valence-electron chi connectivity index (χ1n) is 4.52. The van der Waals surface area contributed by atoms with Gasteiger partial charge in [0.15, 0.2) is 0 Å². The van der Waals surface area contributed by atoms with Crippen LogP contribution in [-0.2, 0) is 10.0 Å². The minimum Gasteiger partial charge on any atom is -0.206 e.